The summed E-state index contributed by atoms with van der Waals surface area (Å²) in [6.07, 6.45) is -3.20. The van der Waals surface area contributed by atoms with Crippen LogP contribution in [0.4, 0.5) is 22.0 Å². The van der Waals surface area contributed by atoms with Gasteiger partial charge in [-0.15, -0.1) is 10.2 Å². The number of likely N-dealkylation sites (N-methyl/N-ethyl adjacent to an activating group) is 1. The Hall–Kier alpha value is -3.23. The third kappa shape index (κ3) is 5.72. The number of nitrogens with one attached hydrogen (secondary N) is 1. The maximum Gasteiger partial charge on any atom is 0.391 e. The van der Waals surface area contributed by atoms with Crippen molar-refractivity contribution in [3.05, 3.63) is 63.1 Å². The molecule has 1 aromatic heterocycles. The van der Waals surface area contributed by atoms with Crippen LogP contribution in [0.25, 0.3) is 5.57 Å². The van der Waals surface area contributed by atoms with E-state index in [9.17, 15) is 36.6 Å². The van der Waals surface area contributed by atoms with Crippen molar-refractivity contribution < 1.29 is 42.0 Å². The molecule has 0 radical (unpaired) electrons. The minimum absolute atomic E-state index is 0.00722. The van der Waals surface area contributed by atoms with Gasteiger partial charge in [0.1, 0.15) is 28.4 Å². The summed E-state index contributed by atoms with van der Waals surface area (Å²) in [6.45, 7) is 1.80. The van der Waals surface area contributed by atoms with Gasteiger partial charge in [0.15, 0.2) is 5.01 Å². The number of allylic oxidation sites excluding steroid dienone is 1. The highest BCUT2D eigenvalue weighted by molar-refractivity contribution is 7.12. The second-order valence-corrected chi connectivity index (χ2v) is 10.5. The molecule has 0 spiro atoms. The van der Waals surface area contributed by atoms with Crippen molar-refractivity contribution in [1.29, 1.82) is 0 Å². The third-order valence-corrected chi connectivity index (χ3v) is 8.19. The van der Waals surface area contributed by atoms with Gasteiger partial charge in [0.2, 0.25) is 17.2 Å². The van der Waals surface area contributed by atoms with Gasteiger partial charge in [-0.3, -0.25) is 20.2 Å². The molecule has 2 heterocycles. The number of benzene rings is 1. The average Bonchev–Trinajstić information content (AvgIpc) is 3.35. The number of amides is 1. The molecule has 8 nitrogen and oxygen atoms in total. The van der Waals surface area contributed by atoms with E-state index in [2.05, 4.69) is 15.5 Å². The number of carbonyl (C=O) groups excluding carboxylic acids is 2. The average molecular weight is 573 g/mol. The van der Waals surface area contributed by atoms with Gasteiger partial charge in [-0.05, 0) is 51.3 Å². The highest BCUT2D eigenvalue weighted by Gasteiger charge is 2.49. The molecule has 2 aromatic rings. The predicted molar refractivity (Wildman–Crippen MR) is 131 cm³/mol. The molecule has 1 aliphatic carbocycles. The maximum absolute atomic E-state index is 14.0. The van der Waals surface area contributed by atoms with Crippen LogP contribution in [0.5, 0.6) is 0 Å². The van der Waals surface area contributed by atoms with Crippen LogP contribution < -0.4 is 10.6 Å². The Morgan fingerprint density at radius 2 is 1.95 bits per heavy atom. The van der Waals surface area contributed by atoms with Crippen LogP contribution in [-0.2, 0) is 16.0 Å². The number of Topliss-reactive ketones (excluding diaryl/α,β-unsaturated/α-hetero) is 1. The quantitative estimate of drug-likeness (QED) is 0.347. The first-order valence-electron chi connectivity index (χ1n) is 12.3. The predicted octanol–water partition coefficient (Wildman–Crippen LogP) is 3.18. The van der Waals surface area contributed by atoms with E-state index in [1.165, 1.54) is 22.5 Å². The van der Waals surface area contributed by atoms with E-state index < -0.39 is 46.8 Å². The van der Waals surface area contributed by atoms with Gasteiger partial charge in [-0.2, -0.15) is 13.2 Å². The molecule has 210 valence electrons. The lowest BCUT2D eigenvalue weighted by Crippen LogP contribution is -2.81. The standard InChI is InChI=1S/C25H26F5N5O3S/c1-3-35(24(31-2)8-6-14(7-9-24)25(28,29)30)23(38)19-21(37)20(36)16(12-32-19)22-34-33-18(39-22)10-13-4-5-15(26)11-17(13)27/h4-5,11-12,14,31,37H,3,6-10H2,1-2H3,(H,32,36)/p+1. The number of ketones is 1. The van der Waals surface area contributed by atoms with Gasteiger partial charge >= 0.3 is 12.1 Å². The highest BCUT2D eigenvalue weighted by Crippen LogP contribution is 2.42. The van der Waals surface area contributed by atoms with Gasteiger partial charge in [-0.25, -0.2) is 8.78 Å². The SMILES string of the molecule is CCN(C(=O)C1=C(O)C(=O)C(c2nnc(Cc3ccc(F)cc3F)s2)=C[NH2+]1)C1(NC)CCC(C(F)(F)F)CC1. The molecule has 0 unspecified atom stereocenters. The molecule has 1 aliphatic heterocycles. The van der Waals surface area contributed by atoms with Crippen molar-refractivity contribution in [2.24, 2.45) is 5.92 Å². The molecule has 4 N–H and O–H groups in total. The van der Waals surface area contributed by atoms with Crippen molar-refractivity contribution in [3.8, 4) is 0 Å². The molecule has 1 fully saturated rings. The molecule has 1 aromatic carbocycles. The summed E-state index contributed by atoms with van der Waals surface area (Å²) in [7, 11) is 1.57. The largest absolute Gasteiger partial charge is 0.500 e. The molecule has 14 heteroatoms. The normalized spacial score (nSPS) is 22.2. The van der Waals surface area contributed by atoms with Gasteiger partial charge in [0, 0.05) is 19.0 Å². The van der Waals surface area contributed by atoms with E-state index in [0.717, 1.165) is 23.5 Å². The van der Waals surface area contributed by atoms with Crippen LogP contribution >= 0.6 is 11.3 Å². The van der Waals surface area contributed by atoms with Crippen molar-refractivity contribution >= 4 is 28.6 Å². The first-order valence-corrected chi connectivity index (χ1v) is 13.1. The number of alkyl halides is 3. The van der Waals surface area contributed by atoms with Gasteiger partial charge in [0.05, 0.1) is 11.6 Å². The fraction of sp³-hybridized carbons (Fsp3) is 0.440. The van der Waals surface area contributed by atoms with E-state index in [1.54, 1.807) is 14.0 Å². The van der Waals surface area contributed by atoms with Crippen molar-refractivity contribution in [1.82, 2.24) is 20.4 Å². The zero-order valence-electron chi connectivity index (χ0n) is 21.1. The second-order valence-electron chi connectivity index (χ2n) is 9.40. The minimum atomic E-state index is -4.32. The lowest BCUT2D eigenvalue weighted by atomic mass is 9.80. The van der Waals surface area contributed by atoms with E-state index in [0.29, 0.717) is 5.01 Å². The van der Waals surface area contributed by atoms with E-state index in [4.69, 9.17) is 0 Å². The van der Waals surface area contributed by atoms with Crippen LogP contribution in [-0.4, -0.2) is 57.3 Å². The first-order chi connectivity index (χ1) is 18.4. The van der Waals surface area contributed by atoms with Crippen LogP contribution in [0.15, 0.2) is 35.9 Å². The summed E-state index contributed by atoms with van der Waals surface area (Å²) in [5.74, 6) is -5.29. The third-order valence-electron chi connectivity index (χ3n) is 7.24. The number of hydrogen-bond acceptors (Lipinski definition) is 7. The zero-order valence-corrected chi connectivity index (χ0v) is 21.9. The number of aliphatic hydroxyl groups excluding tert-OH is 1. The van der Waals surface area contributed by atoms with Gasteiger partial charge in [-0.1, -0.05) is 17.4 Å². The summed E-state index contributed by atoms with van der Waals surface area (Å²) >= 11 is 0.978. The Balaban J connectivity index is 1.51. The summed E-state index contributed by atoms with van der Waals surface area (Å²) < 4.78 is 66.8. The Labute approximate surface area is 224 Å². The van der Waals surface area contributed by atoms with Crippen LogP contribution in [0.1, 0.15) is 48.2 Å². The summed E-state index contributed by atoms with van der Waals surface area (Å²) in [4.78, 5) is 27.9. The Kier molecular flexibility index (Phi) is 8.19. The van der Waals surface area contributed by atoms with Crippen LogP contribution in [0.3, 0.4) is 0 Å². The fourth-order valence-electron chi connectivity index (χ4n) is 5.04. The molecular weight excluding hydrogens is 545 g/mol. The van der Waals surface area contributed by atoms with Crippen molar-refractivity contribution in [2.45, 2.75) is 50.9 Å². The van der Waals surface area contributed by atoms with Gasteiger partial charge in [0.25, 0.3) is 0 Å². The minimum Gasteiger partial charge on any atom is -0.500 e. The Morgan fingerprint density at radius 1 is 1.26 bits per heavy atom. The topological polar surface area (TPSA) is 112 Å². The zero-order chi connectivity index (χ0) is 28.5. The fourth-order valence-corrected chi connectivity index (χ4v) is 5.92. The lowest BCUT2D eigenvalue weighted by molar-refractivity contribution is -0.531. The number of quaternary nitrogens is 1. The maximum atomic E-state index is 14.0. The van der Waals surface area contributed by atoms with E-state index in [-0.39, 0.29) is 60.5 Å². The molecule has 1 saturated carbocycles. The number of hydrogen-bond donors (Lipinski definition) is 3. The molecule has 2 aliphatic rings. The van der Waals surface area contributed by atoms with Gasteiger partial charge < -0.3 is 10.0 Å². The Bertz CT molecular complexity index is 1330. The molecule has 4 rings (SSSR count). The lowest BCUT2D eigenvalue weighted by Gasteiger charge is -2.47. The van der Waals surface area contributed by atoms with E-state index in [1.807, 2.05) is 0 Å². The Morgan fingerprint density at radius 3 is 2.54 bits per heavy atom. The van der Waals surface area contributed by atoms with Crippen LogP contribution in [0, 0.1) is 17.6 Å². The highest BCUT2D eigenvalue weighted by atomic mass is 32.1. The number of halogens is 5. The van der Waals surface area contributed by atoms with Crippen molar-refractivity contribution in [2.75, 3.05) is 13.6 Å². The molecule has 39 heavy (non-hydrogen) atoms. The van der Waals surface area contributed by atoms with Crippen molar-refractivity contribution in [3.63, 3.8) is 0 Å². The molecular formula is C25H27F5N5O3S+. The van der Waals surface area contributed by atoms with E-state index >= 15 is 0 Å². The smallest absolute Gasteiger partial charge is 0.391 e. The molecule has 0 saturated heterocycles. The molecule has 0 atom stereocenters. The monoisotopic (exact) mass is 572 g/mol. The first kappa shape index (κ1) is 28.8. The number of nitrogens with zero attached hydrogens (tertiary/aromatic N) is 3. The second kappa shape index (κ2) is 11.1. The van der Waals surface area contributed by atoms with Crippen LogP contribution in [0.2, 0.25) is 0 Å². The number of nitrogens with two attached hydrogens (primary N) is 1. The number of aliphatic hydroxyl groups is 1. The summed E-state index contributed by atoms with van der Waals surface area (Å²) in [6, 6.07) is 3.15. The molecule has 0 bridgehead atoms. The number of rotatable bonds is 7. The summed E-state index contributed by atoms with van der Waals surface area (Å²) in [5, 5.41) is 23.4. The summed E-state index contributed by atoms with van der Waals surface area (Å²) in [5.41, 5.74) is -1.18. The number of carbonyl (C=O) groups is 2. The number of aromatic nitrogens is 2. The molecule has 1 amide bonds.